The standard InChI is InChI=1S/C13H17IN2O/c1-9-8-10(14)5-6-11(9)16-13(17)12-4-2-3-7-15-12/h5-6,8,12,15H,2-4,7H2,1H3,(H,16,17)/t12-/m1/s1. The molecule has 1 saturated heterocycles. The molecule has 1 aliphatic heterocycles. The van der Waals surface area contributed by atoms with Gasteiger partial charge in [0.2, 0.25) is 5.91 Å². The summed E-state index contributed by atoms with van der Waals surface area (Å²) in [5, 5.41) is 6.26. The van der Waals surface area contributed by atoms with Crippen molar-refractivity contribution in [3.05, 3.63) is 27.3 Å². The van der Waals surface area contributed by atoms with Crippen LogP contribution in [0.3, 0.4) is 0 Å². The Morgan fingerprint density at radius 3 is 2.94 bits per heavy atom. The van der Waals surface area contributed by atoms with Crippen LogP contribution in [0.4, 0.5) is 5.69 Å². The molecule has 3 nitrogen and oxygen atoms in total. The van der Waals surface area contributed by atoms with Crippen molar-refractivity contribution in [1.82, 2.24) is 5.32 Å². The van der Waals surface area contributed by atoms with Gasteiger partial charge in [0, 0.05) is 9.26 Å². The van der Waals surface area contributed by atoms with Crippen LogP contribution in [0.2, 0.25) is 0 Å². The molecule has 0 saturated carbocycles. The number of halogens is 1. The number of hydrogen-bond acceptors (Lipinski definition) is 2. The van der Waals surface area contributed by atoms with E-state index in [0.717, 1.165) is 30.6 Å². The third kappa shape index (κ3) is 3.42. The molecule has 0 aromatic heterocycles. The minimum atomic E-state index is -0.0255. The molecule has 0 spiro atoms. The zero-order valence-electron chi connectivity index (χ0n) is 9.92. The summed E-state index contributed by atoms with van der Waals surface area (Å²) in [5.74, 6) is 0.0917. The Labute approximate surface area is 116 Å². The second kappa shape index (κ2) is 5.82. The van der Waals surface area contributed by atoms with Crippen molar-refractivity contribution in [3.63, 3.8) is 0 Å². The number of rotatable bonds is 2. The molecule has 0 radical (unpaired) electrons. The Hall–Kier alpha value is -0.620. The highest BCUT2D eigenvalue weighted by atomic mass is 127. The Morgan fingerprint density at radius 2 is 2.29 bits per heavy atom. The minimum absolute atomic E-state index is 0.0255. The number of benzene rings is 1. The molecule has 1 heterocycles. The summed E-state index contributed by atoms with van der Waals surface area (Å²) >= 11 is 2.27. The van der Waals surface area contributed by atoms with Gasteiger partial charge in [0.15, 0.2) is 0 Å². The number of amides is 1. The average molecular weight is 344 g/mol. The first-order chi connectivity index (χ1) is 8.16. The van der Waals surface area contributed by atoms with Gasteiger partial charge in [0.05, 0.1) is 6.04 Å². The molecule has 1 atom stereocenters. The van der Waals surface area contributed by atoms with E-state index < -0.39 is 0 Å². The lowest BCUT2D eigenvalue weighted by Gasteiger charge is -2.23. The van der Waals surface area contributed by atoms with E-state index in [1.54, 1.807) is 0 Å². The van der Waals surface area contributed by atoms with Crippen molar-refractivity contribution in [3.8, 4) is 0 Å². The number of aryl methyl sites for hydroxylation is 1. The molecule has 0 bridgehead atoms. The van der Waals surface area contributed by atoms with Gasteiger partial charge < -0.3 is 10.6 Å². The van der Waals surface area contributed by atoms with Gasteiger partial charge in [-0.1, -0.05) is 6.42 Å². The Balaban J connectivity index is 2.02. The molecular weight excluding hydrogens is 327 g/mol. The van der Waals surface area contributed by atoms with Crippen molar-refractivity contribution in [2.45, 2.75) is 32.2 Å². The first-order valence-electron chi connectivity index (χ1n) is 5.97. The fourth-order valence-corrected chi connectivity index (χ4v) is 2.71. The van der Waals surface area contributed by atoms with Crippen LogP contribution in [0.1, 0.15) is 24.8 Å². The molecule has 1 amide bonds. The lowest BCUT2D eigenvalue weighted by molar-refractivity contribution is -0.118. The molecule has 2 N–H and O–H groups in total. The van der Waals surface area contributed by atoms with Crippen LogP contribution >= 0.6 is 22.6 Å². The number of nitrogens with one attached hydrogen (secondary N) is 2. The summed E-state index contributed by atoms with van der Waals surface area (Å²) in [7, 11) is 0. The highest BCUT2D eigenvalue weighted by Gasteiger charge is 2.20. The minimum Gasteiger partial charge on any atom is -0.324 e. The van der Waals surface area contributed by atoms with Crippen molar-refractivity contribution < 1.29 is 4.79 Å². The molecule has 1 fully saturated rings. The van der Waals surface area contributed by atoms with Crippen LogP contribution in [0.25, 0.3) is 0 Å². The molecular formula is C13H17IN2O. The Kier molecular flexibility index (Phi) is 4.39. The van der Waals surface area contributed by atoms with Gasteiger partial charge in [0.25, 0.3) is 0 Å². The first kappa shape index (κ1) is 12.8. The summed E-state index contributed by atoms with van der Waals surface area (Å²) in [4.78, 5) is 12.0. The fraction of sp³-hybridized carbons (Fsp3) is 0.462. The number of piperidine rings is 1. The molecule has 4 heteroatoms. The smallest absolute Gasteiger partial charge is 0.241 e. The molecule has 1 aliphatic rings. The number of carbonyl (C=O) groups is 1. The summed E-state index contributed by atoms with van der Waals surface area (Å²) in [6, 6.07) is 6.03. The van der Waals surface area contributed by atoms with E-state index in [-0.39, 0.29) is 11.9 Å². The number of anilines is 1. The van der Waals surface area contributed by atoms with Gasteiger partial charge in [0.1, 0.15) is 0 Å². The summed E-state index contributed by atoms with van der Waals surface area (Å²) in [6.45, 7) is 2.97. The van der Waals surface area contributed by atoms with E-state index in [9.17, 15) is 4.79 Å². The second-order valence-corrected chi connectivity index (χ2v) is 5.70. The van der Waals surface area contributed by atoms with Crippen molar-refractivity contribution in [1.29, 1.82) is 0 Å². The number of carbonyl (C=O) groups excluding carboxylic acids is 1. The molecule has 1 aromatic carbocycles. The predicted octanol–water partition coefficient (Wildman–Crippen LogP) is 2.68. The predicted molar refractivity (Wildman–Crippen MR) is 78.2 cm³/mol. The largest absolute Gasteiger partial charge is 0.324 e. The van der Waals surface area contributed by atoms with Crippen LogP contribution < -0.4 is 10.6 Å². The topological polar surface area (TPSA) is 41.1 Å². The van der Waals surface area contributed by atoms with E-state index in [0.29, 0.717) is 0 Å². The van der Waals surface area contributed by atoms with Gasteiger partial charge in [-0.25, -0.2) is 0 Å². The van der Waals surface area contributed by atoms with Crippen LogP contribution in [0, 0.1) is 10.5 Å². The van der Waals surface area contributed by atoms with Gasteiger partial charge in [-0.15, -0.1) is 0 Å². The van der Waals surface area contributed by atoms with Gasteiger partial charge in [-0.2, -0.15) is 0 Å². The maximum atomic E-state index is 12.0. The van der Waals surface area contributed by atoms with E-state index in [1.807, 2.05) is 19.1 Å². The highest BCUT2D eigenvalue weighted by molar-refractivity contribution is 14.1. The van der Waals surface area contributed by atoms with Crippen LogP contribution in [-0.2, 0) is 4.79 Å². The van der Waals surface area contributed by atoms with Crippen molar-refractivity contribution >= 4 is 34.2 Å². The first-order valence-corrected chi connectivity index (χ1v) is 7.05. The van der Waals surface area contributed by atoms with E-state index in [4.69, 9.17) is 0 Å². The lowest BCUT2D eigenvalue weighted by Crippen LogP contribution is -2.43. The van der Waals surface area contributed by atoms with Crippen LogP contribution in [-0.4, -0.2) is 18.5 Å². The quantitative estimate of drug-likeness (QED) is 0.810. The van der Waals surface area contributed by atoms with E-state index in [1.165, 1.54) is 9.99 Å². The SMILES string of the molecule is Cc1cc(I)ccc1NC(=O)[C@H]1CCCCN1. The van der Waals surface area contributed by atoms with Crippen LogP contribution in [0.15, 0.2) is 18.2 Å². The number of hydrogen-bond donors (Lipinski definition) is 2. The van der Waals surface area contributed by atoms with Gasteiger partial charge in [-0.3, -0.25) is 4.79 Å². The average Bonchev–Trinajstić information content (AvgIpc) is 2.34. The normalized spacial score (nSPS) is 20.0. The van der Waals surface area contributed by atoms with E-state index in [2.05, 4.69) is 39.3 Å². The Morgan fingerprint density at radius 1 is 1.47 bits per heavy atom. The van der Waals surface area contributed by atoms with Crippen molar-refractivity contribution in [2.75, 3.05) is 11.9 Å². The zero-order valence-corrected chi connectivity index (χ0v) is 12.1. The summed E-state index contributed by atoms with van der Waals surface area (Å²) in [6.07, 6.45) is 3.25. The third-order valence-corrected chi connectivity index (χ3v) is 3.74. The molecule has 17 heavy (non-hydrogen) atoms. The molecule has 1 aromatic rings. The van der Waals surface area contributed by atoms with E-state index >= 15 is 0 Å². The summed E-state index contributed by atoms with van der Waals surface area (Å²) in [5.41, 5.74) is 2.03. The third-order valence-electron chi connectivity index (χ3n) is 3.07. The second-order valence-electron chi connectivity index (χ2n) is 4.45. The summed E-state index contributed by atoms with van der Waals surface area (Å²) < 4.78 is 1.19. The monoisotopic (exact) mass is 344 g/mol. The molecule has 0 unspecified atom stereocenters. The fourth-order valence-electron chi connectivity index (χ4n) is 2.06. The van der Waals surface area contributed by atoms with Crippen molar-refractivity contribution in [2.24, 2.45) is 0 Å². The lowest BCUT2D eigenvalue weighted by atomic mass is 10.0. The maximum Gasteiger partial charge on any atom is 0.241 e. The molecule has 92 valence electrons. The van der Waals surface area contributed by atoms with Gasteiger partial charge in [-0.05, 0) is 72.7 Å². The maximum absolute atomic E-state index is 12.0. The molecule has 2 rings (SSSR count). The highest BCUT2D eigenvalue weighted by Crippen LogP contribution is 2.18. The van der Waals surface area contributed by atoms with Crippen LogP contribution in [0.5, 0.6) is 0 Å². The van der Waals surface area contributed by atoms with Gasteiger partial charge >= 0.3 is 0 Å². The Bertz CT molecular complexity index is 414. The zero-order chi connectivity index (χ0) is 12.3. The molecule has 0 aliphatic carbocycles.